The van der Waals surface area contributed by atoms with E-state index in [2.05, 4.69) is 22.5 Å². The molecule has 0 aliphatic rings. The molecule has 3 rings (SSSR count). The average Bonchev–Trinajstić information content (AvgIpc) is 2.97. The molecule has 0 aliphatic heterocycles. The maximum absolute atomic E-state index is 12.2. The predicted octanol–water partition coefficient (Wildman–Crippen LogP) is 4.43. The lowest BCUT2D eigenvalue weighted by Gasteiger charge is -2.10. The number of nitrogens with one attached hydrogen (secondary N) is 2. The van der Waals surface area contributed by atoms with Gasteiger partial charge in [0.1, 0.15) is 11.3 Å². The number of methoxy groups -OCH3 is 1. The lowest BCUT2D eigenvalue weighted by molar-refractivity contribution is 0.262. The molecule has 0 radical (unpaired) electrons. The molecule has 0 saturated carbocycles. The minimum absolute atomic E-state index is 0.354. The van der Waals surface area contributed by atoms with E-state index in [1.54, 1.807) is 31.4 Å². The molecule has 6 heteroatoms. The van der Waals surface area contributed by atoms with Crippen molar-refractivity contribution in [2.24, 2.45) is 0 Å². The third-order valence-electron chi connectivity index (χ3n) is 3.51. The third-order valence-corrected chi connectivity index (χ3v) is 3.51. The fourth-order valence-corrected chi connectivity index (χ4v) is 2.40. The molecule has 0 bridgehead atoms. The van der Waals surface area contributed by atoms with Crippen LogP contribution in [0.4, 0.5) is 16.2 Å². The van der Waals surface area contributed by atoms with Crippen molar-refractivity contribution in [1.29, 1.82) is 0 Å². The van der Waals surface area contributed by atoms with E-state index >= 15 is 0 Å². The zero-order valence-corrected chi connectivity index (χ0v) is 13.6. The molecule has 0 saturated heterocycles. The summed E-state index contributed by atoms with van der Waals surface area (Å²) in [6.07, 6.45) is 1.77. The highest BCUT2D eigenvalue weighted by Gasteiger charge is 2.09. The molecule has 1 aromatic heterocycles. The van der Waals surface area contributed by atoms with Crippen LogP contribution in [0.1, 0.15) is 19.2 Å². The Morgan fingerprint density at radius 1 is 1.21 bits per heavy atom. The second-order valence-electron chi connectivity index (χ2n) is 5.32. The van der Waals surface area contributed by atoms with E-state index in [9.17, 15) is 4.79 Å². The number of hydrogen-bond acceptors (Lipinski definition) is 4. The molecular formula is C18H19N3O3. The van der Waals surface area contributed by atoms with Gasteiger partial charge in [0.2, 0.25) is 0 Å². The van der Waals surface area contributed by atoms with Crippen LogP contribution in [-0.2, 0) is 6.42 Å². The van der Waals surface area contributed by atoms with E-state index in [0.29, 0.717) is 28.6 Å². The van der Waals surface area contributed by atoms with Crippen molar-refractivity contribution in [3.63, 3.8) is 0 Å². The summed E-state index contributed by atoms with van der Waals surface area (Å²) < 4.78 is 10.9. The molecule has 0 fully saturated rings. The maximum atomic E-state index is 12.2. The molecule has 2 amide bonds. The predicted molar refractivity (Wildman–Crippen MR) is 93.6 cm³/mol. The fourth-order valence-electron chi connectivity index (χ4n) is 2.40. The smallest absolute Gasteiger partial charge is 0.323 e. The molecule has 2 aromatic carbocycles. The van der Waals surface area contributed by atoms with Gasteiger partial charge in [0, 0.05) is 18.2 Å². The van der Waals surface area contributed by atoms with Gasteiger partial charge in [0.15, 0.2) is 11.5 Å². The van der Waals surface area contributed by atoms with E-state index in [4.69, 9.17) is 9.15 Å². The average molecular weight is 325 g/mol. The van der Waals surface area contributed by atoms with Crippen molar-refractivity contribution in [3.05, 3.63) is 48.4 Å². The van der Waals surface area contributed by atoms with Gasteiger partial charge in [-0.1, -0.05) is 19.1 Å². The number of nitrogens with zero attached hydrogens (tertiary/aromatic N) is 1. The number of hydrogen-bond donors (Lipinski definition) is 2. The van der Waals surface area contributed by atoms with Gasteiger partial charge in [-0.3, -0.25) is 0 Å². The summed E-state index contributed by atoms with van der Waals surface area (Å²) in [5.41, 5.74) is 2.68. The van der Waals surface area contributed by atoms with Crippen LogP contribution in [0.2, 0.25) is 0 Å². The van der Waals surface area contributed by atoms with Crippen molar-refractivity contribution < 1.29 is 13.9 Å². The molecule has 124 valence electrons. The molecule has 1 heterocycles. The first-order chi connectivity index (χ1) is 11.7. The van der Waals surface area contributed by atoms with Crippen LogP contribution in [0.5, 0.6) is 5.75 Å². The Bertz CT molecular complexity index is 858. The number of oxazole rings is 1. The summed E-state index contributed by atoms with van der Waals surface area (Å²) in [7, 11) is 1.56. The van der Waals surface area contributed by atoms with Gasteiger partial charge in [0.05, 0.1) is 12.8 Å². The molecular weight excluding hydrogens is 306 g/mol. The molecule has 3 aromatic rings. The number of aryl methyl sites for hydroxylation is 1. The van der Waals surface area contributed by atoms with Crippen LogP contribution in [0.15, 0.2) is 46.9 Å². The molecule has 0 spiro atoms. The van der Waals surface area contributed by atoms with Crippen molar-refractivity contribution in [1.82, 2.24) is 4.98 Å². The number of anilines is 2. The van der Waals surface area contributed by atoms with Crippen molar-refractivity contribution in [2.45, 2.75) is 19.8 Å². The van der Waals surface area contributed by atoms with Crippen molar-refractivity contribution in [2.75, 3.05) is 17.7 Å². The maximum Gasteiger partial charge on any atom is 0.323 e. The number of fused-ring (bicyclic) bond motifs is 1. The normalized spacial score (nSPS) is 10.6. The minimum Gasteiger partial charge on any atom is -0.495 e. The highest BCUT2D eigenvalue weighted by molar-refractivity contribution is 6.01. The number of aromatic nitrogens is 1. The van der Waals surface area contributed by atoms with E-state index in [1.807, 2.05) is 18.2 Å². The lowest BCUT2D eigenvalue weighted by atomic mass is 10.3. The van der Waals surface area contributed by atoms with Crippen LogP contribution in [0, 0.1) is 0 Å². The standard InChI is InChI=1S/C18H19N3O3/c1-3-6-17-20-14-10-9-12(11-16(14)24-17)19-18(22)21-13-7-4-5-8-15(13)23-2/h4-5,7-11H,3,6H2,1-2H3,(H2,19,21,22). The Morgan fingerprint density at radius 3 is 2.83 bits per heavy atom. The summed E-state index contributed by atoms with van der Waals surface area (Å²) in [5.74, 6) is 1.31. The zero-order valence-electron chi connectivity index (χ0n) is 13.6. The van der Waals surface area contributed by atoms with Crippen LogP contribution >= 0.6 is 0 Å². The molecule has 2 N–H and O–H groups in total. The molecule has 0 unspecified atom stereocenters. The number of rotatable bonds is 5. The molecule has 24 heavy (non-hydrogen) atoms. The van der Waals surface area contributed by atoms with Crippen LogP contribution in [0.3, 0.4) is 0 Å². The number of benzene rings is 2. The van der Waals surface area contributed by atoms with Crippen molar-refractivity contribution in [3.8, 4) is 5.75 Å². The summed E-state index contributed by atoms with van der Waals surface area (Å²) in [5, 5.41) is 5.54. The fraction of sp³-hybridized carbons (Fsp3) is 0.222. The second-order valence-corrected chi connectivity index (χ2v) is 5.32. The Balaban J connectivity index is 1.73. The first kappa shape index (κ1) is 15.9. The summed E-state index contributed by atoms with van der Waals surface area (Å²) >= 11 is 0. The number of amides is 2. The van der Waals surface area contributed by atoms with E-state index in [0.717, 1.165) is 18.4 Å². The van der Waals surface area contributed by atoms with Crippen molar-refractivity contribution >= 4 is 28.5 Å². The number of ether oxygens (including phenoxy) is 1. The molecule has 6 nitrogen and oxygen atoms in total. The van der Waals surface area contributed by atoms with E-state index < -0.39 is 0 Å². The lowest BCUT2D eigenvalue weighted by Crippen LogP contribution is -2.19. The minimum atomic E-state index is -0.354. The zero-order chi connectivity index (χ0) is 16.9. The first-order valence-electron chi connectivity index (χ1n) is 7.80. The largest absolute Gasteiger partial charge is 0.495 e. The van der Waals surface area contributed by atoms with Crippen LogP contribution in [0.25, 0.3) is 11.1 Å². The quantitative estimate of drug-likeness (QED) is 0.727. The highest BCUT2D eigenvalue weighted by atomic mass is 16.5. The van der Waals surface area contributed by atoms with E-state index in [-0.39, 0.29) is 6.03 Å². The van der Waals surface area contributed by atoms with Gasteiger partial charge < -0.3 is 19.8 Å². The number of carbonyl (C=O) groups excluding carboxylic acids is 1. The molecule has 0 atom stereocenters. The van der Waals surface area contributed by atoms with Crippen LogP contribution in [-0.4, -0.2) is 18.1 Å². The summed E-state index contributed by atoms with van der Waals surface area (Å²) in [6.45, 7) is 2.07. The van der Waals surface area contributed by atoms with Gasteiger partial charge in [0.25, 0.3) is 0 Å². The van der Waals surface area contributed by atoms with Gasteiger partial charge in [-0.25, -0.2) is 9.78 Å². The van der Waals surface area contributed by atoms with Gasteiger partial charge >= 0.3 is 6.03 Å². The Kier molecular flexibility index (Phi) is 4.65. The van der Waals surface area contributed by atoms with Gasteiger partial charge in [-0.2, -0.15) is 0 Å². The van der Waals surface area contributed by atoms with Crippen LogP contribution < -0.4 is 15.4 Å². The molecule has 0 aliphatic carbocycles. The third kappa shape index (κ3) is 3.48. The number of para-hydroxylation sites is 2. The summed E-state index contributed by atoms with van der Waals surface area (Å²) in [6, 6.07) is 12.3. The Labute approximate surface area is 139 Å². The summed E-state index contributed by atoms with van der Waals surface area (Å²) in [4.78, 5) is 16.6. The number of urea groups is 1. The van der Waals surface area contributed by atoms with E-state index in [1.165, 1.54) is 0 Å². The topological polar surface area (TPSA) is 76.4 Å². The monoisotopic (exact) mass is 325 g/mol. The Morgan fingerprint density at radius 2 is 2.04 bits per heavy atom. The SMILES string of the molecule is CCCc1nc2ccc(NC(=O)Nc3ccccc3OC)cc2o1. The second kappa shape index (κ2) is 7.04. The van der Waals surface area contributed by atoms with Gasteiger partial charge in [-0.15, -0.1) is 0 Å². The number of carbonyl (C=O) groups is 1. The van der Waals surface area contributed by atoms with Gasteiger partial charge in [-0.05, 0) is 30.7 Å². The Hall–Kier alpha value is -3.02. The highest BCUT2D eigenvalue weighted by Crippen LogP contribution is 2.24. The first-order valence-corrected chi connectivity index (χ1v) is 7.80.